The van der Waals surface area contributed by atoms with Crippen LogP contribution in [0.3, 0.4) is 0 Å². The summed E-state index contributed by atoms with van der Waals surface area (Å²) in [5, 5.41) is 4.40. The Morgan fingerprint density at radius 2 is 1.68 bits per heavy atom. The van der Waals surface area contributed by atoms with Crippen LogP contribution in [0.4, 0.5) is 5.69 Å². The van der Waals surface area contributed by atoms with Crippen LogP contribution in [0.15, 0.2) is 71.1 Å². The van der Waals surface area contributed by atoms with Crippen molar-refractivity contribution in [3.05, 3.63) is 72.0 Å². The zero-order valence-electron chi connectivity index (χ0n) is 11.6. The highest BCUT2D eigenvalue weighted by Crippen LogP contribution is 2.40. The van der Waals surface area contributed by atoms with Crippen molar-refractivity contribution in [3.8, 4) is 11.1 Å². The van der Waals surface area contributed by atoms with Crippen LogP contribution in [0.25, 0.3) is 17.2 Å². The molecule has 0 atom stereocenters. The number of rotatable bonds is 2. The van der Waals surface area contributed by atoms with Crippen molar-refractivity contribution >= 4 is 23.5 Å². The summed E-state index contributed by atoms with van der Waals surface area (Å²) in [4.78, 5) is 14.1. The number of aromatic nitrogens is 3. The lowest BCUT2D eigenvalue weighted by Gasteiger charge is -2.01. The fourth-order valence-electron chi connectivity index (χ4n) is 2.22. The Kier molecular flexibility index (Phi) is 3.33. The van der Waals surface area contributed by atoms with Crippen molar-refractivity contribution in [2.45, 2.75) is 4.90 Å². The number of fused-ring (bicyclic) bond motifs is 1. The predicted octanol–water partition coefficient (Wildman–Crippen LogP) is 4.05. The zero-order chi connectivity index (χ0) is 14.8. The number of anilines is 1. The lowest BCUT2D eigenvalue weighted by Crippen LogP contribution is -1.92. The van der Waals surface area contributed by atoms with E-state index in [2.05, 4.69) is 32.4 Å². The van der Waals surface area contributed by atoms with E-state index in [-0.39, 0.29) is 0 Å². The average molecular weight is 304 g/mol. The first-order chi connectivity index (χ1) is 10.9. The van der Waals surface area contributed by atoms with Gasteiger partial charge in [0, 0.05) is 41.3 Å². The van der Waals surface area contributed by atoms with Crippen molar-refractivity contribution in [1.82, 2.24) is 15.0 Å². The van der Waals surface area contributed by atoms with Gasteiger partial charge in [0.1, 0.15) is 0 Å². The van der Waals surface area contributed by atoms with Crippen molar-refractivity contribution in [3.63, 3.8) is 0 Å². The Labute approximate surface area is 132 Å². The van der Waals surface area contributed by atoms with E-state index in [9.17, 15) is 0 Å². The van der Waals surface area contributed by atoms with Gasteiger partial charge in [-0.05, 0) is 29.8 Å². The largest absolute Gasteiger partial charge is 0.349 e. The van der Waals surface area contributed by atoms with Gasteiger partial charge >= 0.3 is 0 Å². The van der Waals surface area contributed by atoms with Gasteiger partial charge in [-0.1, -0.05) is 23.9 Å². The summed E-state index contributed by atoms with van der Waals surface area (Å²) >= 11 is 1.69. The molecule has 0 radical (unpaired) electrons. The molecular weight excluding hydrogens is 292 g/mol. The first-order valence-corrected chi connectivity index (χ1v) is 7.68. The molecule has 0 saturated heterocycles. The average Bonchev–Trinajstić information content (AvgIpc) is 2.98. The number of thioether (sulfide) groups is 1. The van der Waals surface area contributed by atoms with Crippen molar-refractivity contribution in [2.24, 2.45) is 0 Å². The molecule has 1 N–H and O–H groups in total. The molecular formula is C17H12N4S. The molecule has 0 fully saturated rings. The van der Waals surface area contributed by atoms with E-state index in [4.69, 9.17) is 0 Å². The predicted molar refractivity (Wildman–Crippen MR) is 89.2 cm³/mol. The Hall–Kier alpha value is -2.66. The molecule has 5 heteroatoms. The standard InChI is InChI=1S/C17H12N4S/c1-2-4-15-14(3-1)21-17(22-15)9-16-19-10-13(11-20-16)12-5-7-18-8-6-12/h1-11,21H. The van der Waals surface area contributed by atoms with Gasteiger partial charge in [0.2, 0.25) is 0 Å². The molecule has 1 aromatic carbocycles. The Bertz CT molecular complexity index is 802. The van der Waals surface area contributed by atoms with Gasteiger partial charge in [-0.25, -0.2) is 9.97 Å². The summed E-state index contributed by atoms with van der Waals surface area (Å²) < 4.78 is 0. The van der Waals surface area contributed by atoms with E-state index in [0.29, 0.717) is 5.82 Å². The third kappa shape index (κ3) is 2.58. The molecule has 1 aliphatic heterocycles. The highest BCUT2D eigenvalue weighted by molar-refractivity contribution is 8.03. The van der Waals surface area contributed by atoms with Crippen LogP contribution in [0, 0.1) is 0 Å². The molecule has 0 spiro atoms. The lowest BCUT2D eigenvalue weighted by atomic mass is 10.1. The third-order valence-corrected chi connectivity index (χ3v) is 4.33. The SMILES string of the molecule is C(=C1Nc2ccccc2S1)c1ncc(-c2ccncc2)cn1. The van der Waals surface area contributed by atoms with Gasteiger partial charge in [-0.15, -0.1) is 0 Å². The molecule has 4 rings (SSSR count). The number of nitrogens with one attached hydrogen (secondary N) is 1. The van der Waals surface area contributed by atoms with Crippen LogP contribution in [0.5, 0.6) is 0 Å². The first kappa shape index (κ1) is 13.0. The third-order valence-electron chi connectivity index (χ3n) is 3.31. The fourth-order valence-corrected chi connectivity index (χ4v) is 3.16. The Morgan fingerprint density at radius 3 is 2.45 bits per heavy atom. The van der Waals surface area contributed by atoms with Gasteiger partial charge < -0.3 is 5.32 Å². The second-order valence-electron chi connectivity index (χ2n) is 4.80. The van der Waals surface area contributed by atoms with Crippen LogP contribution in [0.2, 0.25) is 0 Å². The minimum absolute atomic E-state index is 0.695. The number of hydrogen-bond acceptors (Lipinski definition) is 5. The number of pyridine rings is 1. The van der Waals surface area contributed by atoms with Crippen molar-refractivity contribution in [1.29, 1.82) is 0 Å². The molecule has 0 amide bonds. The molecule has 0 unspecified atom stereocenters. The topological polar surface area (TPSA) is 50.7 Å². The molecule has 22 heavy (non-hydrogen) atoms. The van der Waals surface area contributed by atoms with Gasteiger partial charge in [-0.2, -0.15) is 0 Å². The van der Waals surface area contributed by atoms with E-state index < -0.39 is 0 Å². The maximum absolute atomic E-state index is 4.42. The highest BCUT2D eigenvalue weighted by Gasteiger charge is 2.14. The fraction of sp³-hybridized carbons (Fsp3) is 0. The first-order valence-electron chi connectivity index (χ1n) is 6.86. The highest BCUT2D eigenvalue weighted by atomic mass is 32.2. The molecule has 4 nitrogen and oxygen atoms in total. The van der Waals surface area contributed by atoms with Crippen LogP contribution >= 0.6 is 11.8 Å². The van der Waals surface area contributed by atoms with E-state index in [1.165, 1.54) is 4.90 Å². The molecule has 2 aromatic heterocycles. The summed E-state index contributed by atoms with van der Waals surface area (Å²) in [5.41, 5.74) is 3.18. The number of nitrogens with zero attached hydrogens (tertiary/aromatic N) is 3. The number of hydrogen-bond donors (Lipinski definition) is 1. The van der Waals surface area contributed by atoms with Gasteiger partial charge in [0.25, 0.3) is 0 Å². The molecule has 106 valence electrons. The van der Waals surface area contributed by atoms with Crippen LogP contribution in [-0.4, -0.2) is 15.0 Å². The molecule has 0 aliphatic carbocycles. The van der Waals surface area contributed by atoms with E-state index in [0.717, 1.165) is 21.8 Å². The molecule has 0 bridgehead atoms. The summed E-state index contributed by atoms with van der Waals surface area (Å²) in [6.45, 7) is 0. The minimum Gasteiger partial charge on any atom is -0.349 e. The monoisotopic (exact) mass is 304 g/mol. The summed E-state index contributed by atoms with van der Waals surface area (Å²) in [7, 11) is 0. The van der Waals surface area contributed by atoms with Crippen LogP contribution in [0.1, 0.15) is 5.82 Å². The minimum atomic E-state index is 0.695. The normalized spacial score (nSPS) is 14.6. The van der Waals surface area contributed by atoms with Crippen molar-refractivity contribution in [2.75, 3.05) is 5.32 Å². The van der Waals surface area contributed by atoms with Gasteiger partial charge in [-0.3, -0.25) is 4.98 Å². The Morgan fingerprint density at radius 1 is 0.909 bits per heavy atom. The molecule has 3 aromatic rings. The number of benzene rings is 1. The maximum atomic E-state index is 4.42. The second-order valence-corrected chi connectivity index (χ2v) is 5.88. The van der Waals surface area contributed by atoms with Crippen LogP contribution < -0.4 is 5.32 Å². The molecule has 0 saturated carbocycles. The summed E-state index contributed by atoms with van der Waals surface area (Å²) in [6.07, 6.45) is 9.16. The van der Waals surface area contributed by atoms with Gasteiger partial charge in [0.05, 0.1) is 10.7 Å². The maximum Gasteiger partial charge on any atom is 0.154 e. The second kappa shape index (κ2) is 5.61. The Balaban J connectivity index is 1.57. The lowest BCUT2D eigenvalue weighted by molar-refractivity contribution is 1.13. The quantitative estimate of drug-likeness (QED) is 0.774. The number of para-hydroxylation sites is 1. The van der Waals surface area contributed by atoms with E-state index in [1.54, 1.807) is 24.2 Å². The summed E-state index contributed by atoms with van der Waals surface area (Å²) in [6, 6.07) is 12.1. The molecule has 1 aliphatic rings. The summed E-state index contributed by atoms with van der Waals surface area (Å²) in [5.74, 6) is 0.695. The van der Waals surface area contributed by atoms with Gasteiger partial charge in [0.15, 0.2) is 5.82 Å². The van der Waals surface area contributed by atoms with Crippen molar-refractivity contribution < 1.29 is 0 Å². The van der Waals surface area contributed by atoms with E-state index in [1.807, 2.05) is 42.7 Å². The van der Waals surface area contributed by atoms with E-state index >= 15 is 0 Å². The zero-order valence-corrected chi connectivity index (χ0v) is 12.4. The molecule has 3 heterocycles. The van der Waals surface area contributed by atoms with Crippen LogP contribution in [-0.2, 0) is 0 Å². The smallest absolute Gasteiger partial charge is 0.154 e.